The topological polar surface area (TPSA) is 125 Å². The molecule has 5 rings (SSSR count). The quantitative estimate of drug-likeness (QED) is 0.613. The Labute approximate surface area is 196 Å². The van der Waals surface area contributed by atoms with Gasteiger partial charge in [0.05, 0.1) is 12.1 Å². The minimum Gasteiger partial charge on any atom is -0.480 e. The fraction of sp³-hybridized carbons (Fsp3) is 0.400. The number of aliphatic hydroxyl groups excluding tert-OH is 1. The number of carbonyl (C=O) groups excluding carboxylic acids is 2. The first-order chi connectivity index (χ1) is 16.4. The van der Waals surface area contributed by atoms with E-state index in [1.165, 1.54) is 0 Å². The summed E-state index contributed by atoms with van der Waals surface area (Å²) in [5, 5.41) is 21.9. The van der Waals surface area contributed by atoms with Gasteiger partial charge in [0.15, 0.2) is 6.10 Å². The smallest absolute Gasteiger partial charge is 0.407 e. The molecular formula is C25H26N2O7. The van der Waals surface area contributed by atoms with Crippen LogP contribution in [0.25, 0.3) is 11.1 Å². The van der Waals surface area contributed by atoms with Crippen molar-refractivity contribution in [1.82, 2.24) is 10.2 Å². The highest BCUT2D eigenvalue weighted by Crippen LogP contribution is 2.44. The van der Waals surface area contributed by atoms with E-state index in [-0.39, 0.29) is 32.1 Å². The van der Waals surface area contributed by atoms with Gasteiger partial charge in [0, 0.05) is 25.5 Å². The van der Waals surface area contributed by atoms with Gasteiger partial charge in [-0.1, -0.05) is 48.5 Å². The SMILES string of the molecule is O=C(N[C@@H]1CCO[C@@H]1C(=O)N1C[C@@H](O)C[C@H]1C(=O)O)OCC1c2ccccc2-c2ccccc21. The number of alkyl carbamates (subject to hydrolysis) is 1. The number of carboxylic acid groups (broad SMARTS) is 1. The van der Waals surface area contributed by atoms with Crippen molar-refractivity contribution in [3.05, 3.63) is 59.7 Å². The van der Waals surface area contributed by atoms with Crippen molar-refractivity contribution in [3.8, 4) is 11.1 Å². The van der Waals surface area contributed by atoms with Crippen molar-refractivity contribution in [2.75, 3.05) is 19.8 Å². The lowest BCUT2D eigenvalue weighted by atomic mass is 9.98. The summed E-state index contributed by atoms with van der Waals surface area (Å²) < 4.78 is 11.1. The van der Waals surface area contributed by atoms with E-state index in [9.17, 15) is 24.6 Å². The molecule has 2 heterocycles. The van der Waals surface area contributed by atoms with Crippen molar-refractivity contribution in [2.45, 2.75) is 43.1 Å². The molecule has 1 aliphatic carbocycles. The van der Waals surface area contributed by atoms with Crippen molar-refractivity contribution in [3.63, 3.8) is 0 Å². The van der Waals surface area contributed by atoms with Gasteiger partial charge >= 0.3 is 12.1 Å². The van der Waals surface area contributed by atoms with Crippen LogP contribution in [-0.2, 0) is 19.1 Å². The van der Waals surface area contributed by atoms with Crippen LogP contribution >= 0.6 is 0 Å². The van der Waals surface area contributed by atoms with Crippen LogP contribution in [-0.4, -0.2) is 77.1 Å². The van der Waals surface area contributed by atoms with Crippen molar-refractivity contribution in [1.29, 1.82) is 0 Å². The van der Waals surface area contributed by atoms with Crippen LogP contribution in [0.15, 0.2) is 48.5 Å². The summed E-state index contributed by atoms with van der Waals surface area (Å²) in [5.74, 6) is -1.81. The number of nitrogens with zero attached hydrogens (tertiary/aromatic N) is 1. The van der Waals surface area contributed by atoms with Crippen LogP contribution in [0.2, 0.25) is 0 Å². The van der Waals surface area contributed by atoms with Crippen molar-refractivity contribution < 1.29 is 34.1 Å². The van der Waals surface area contributed by atoms with Gasteiger partial charge in [0.25, 0.3) is 5.91 Å². The Morgan fingerprint density at radius 1 is 1.06 bits per heavy atom. The molecule has 3 N–H and O–H groups in total. The Morgan fingerprint density at radius 3 is 2.35 bits per heavy atom. The Hall–Kier alpha value is -3.43. The van der Waals surface area contributed by atoms with E-state index >= 15 is 0 Å². The molecule has 2 fully saturated rings. The molecule has 2 amide bonds. The van der Waals surface area contributed by atoms with Gasteiger partial charge in [-0.2, -0.15) is 0 Å². The van der Waals surface area contributed by atoms with Gasteiger partial charge in [0.2, 0.25) is 0 Å². The lowest BCUT2D eigenvalue weighted by Crippen LogP contribution is -2.52. The summed E-state index contributed by atoms with van der Waals surface area (Å²) in [5.41, 5.74) is 4.45. The highest BCUT2D eigenvalue weighted by molar-refractivity contribution is 5.88. The molecule has 2 aliphatic heterocycles. The van der Waals surface area contributed by atoms with Gasteiger partial charge in [-0.3, -0.25) is 4.79 Å². The number of amides is 2. The van der Waals surface area contributed by atoms with Crippen LogP contribution in [0.1, 0.15) is 29.9 Å². The van der Waals surface area contributed by atoms with Crippen LogP contribution in [0.4, 0.5) is 4.79 Å². The second kappa shape index (κ2) is 9.08. The summed E-state index contributed by atoms with van der Waals surface area (Å²) in [7, 11) is 0. The van der Waals surface area contributed by atoms with E-state index in [2.05, 4.69) is 17.4 Å². The zero-order valence-electron chi connectivity index (χ0n) is 18.4. The maximum atomic E-state index is 13.0. The first-order valence-corrected chi connectivity index (χ1v) is 11.4. The molecule has 0 aromatic heterocycles. The largest absolute Gasteiger partial charge is 0.480 e. The lowest BCUT2D eigenvalue weighted by Gasteiger charge is -2.27. The minimum absolute atomic E-state index is 0.0295. The number of nitrogens with one attached hydrogen (secondary N) is 1. The van der Waals surface area contributed by atoms with Crippen LogP contribution in [0, 0.1) is 0 Å². The molecule has 4 atom stereocenters. The number of rotatable bonds is 5. The molecule has 34 heavy (non-hydrogen) atoms. The highest BCUT2D eigenvalue weighted by atomic mass is 16.6. The number of fused-ring (bicyclic) bond motifs is 3. The van der Waals surface area contributed by atoms with E-state index in [0.29, 0.717) is 6.42 Å². The van der Waals surface area contributed by atoms with Crippen LogP contribution in [0.3, 0.4) is 0 Å². The maximum Gasteiger partial charge on any atom is 0.407 e. The third kappa shape index (κ3) is 4.01. The molecule has 2 aromatic rings. The van der Waals surface area contributed by atoms with E-state index in [1.807, 2.05) is 36.4 Å². The number of hydrogen-bond acceptors (Lipinski definition) is 6. The summed E-state index contributed by atoms with van der Waals surface area (Å²) in [6.07, 6.45) is -2.22. The van der Waals surface area contributed by atoms with Crippen LogP contribution < -0.4 is 5.32 Å². The Kier molecular flexibility index (Phi) is 5.97. The fourth-order valence-electron chi connectivity index (χ4n) is 5.23. The summed E-state index contributed by atoms with van der Waals surface area (Å²) in [6.45, 7) is 0.317. The molecule has 0 radical (unpaired) electrons. The van der Waals surface area contributed by atoms with Crippen LogP contribution in [0.5, 0.6) is 0 Å². The molecule has 0 spiro atoms. The number of carboxylic acids is 1. The standard InChI is InChI=1S/C25H26N2O7/c28-14-11-21(24(30)31)27(12-14)23(29)22-20(9-10-33-22)26-25(32)34-13-19-17-7-3-1-5-15(17)16-6-2-4-8-18(16)19/h1-8,14,19-22,28H,9-13H2,(H,26,32)(H,30,31)/t14-,20+,21-,22-/m0/s1. The monoisotopic (exact) mass is 466 g/mol. The van der Waals surface area contributed by atoms with Gasteiger partial charge in [-0.15, -0.1) is 0 Å². The van der Waals surface area contributed by atoms with Gasteiger partial charge < -0.3 is 29.9 Å². The van der Waals surface area contributed by atoms with E-state index in [4.69, 9.17) is 9.47 Å². The number of likely N-dealkylation sites (tertiary alicyclic amines) is 1. The Bertz CT molecular complexity index is 1070. The predicted molar refractivity (Wildman–Crippen MR) is 120 cm³/mol. The number of hydrogen-bond donors (Lipinski definition) is 3. The maximum absolute atomic E-state index is 13.0. The number of benzene rings is 2. The second-order valence-electron chi connectivity index (χ2n) is 8.89. The van der Waals surface area contributed by atoms with Crippen molar-refractivity contribution in [2.24, 2.45) is 0 Å². The molecule has 178 valence electrons. The Balaban J connectivity index is 1.23. The average Bonchev–Trinajstić information content (AvgIpc) is 3.53. The number of aliphatic hydroxyl groups is 1. The fourth-order valence-corrected chi connectivity index (χ4v) is 5.23. The number of ether oxygens (including phenoxy) is 2. The molecule has 0 unspecified atom stereocenters. The molecule has 0 saturated carbocycles. The van der Waals surface area contributed by atoms with Gasteiger partial charge in [0.1, 0.15) is 12.6 Å². The third-order valence-electron chi connectivity index (χ3n) is 6.83. The highest BCUT2D eigenvalue weighted by Gasteiger charge is 2.45. The molecule has 9 nitrogen and oxygen atoms in total. The molecule has 0 bridgehead atoms. The Morgan fingerprint density at radius 2 is 1.71 bits per heavy atom. The van der Waals surface area contributed by atoms with Crippen molar-refractivity contribution >= 4 is 18.0 Å². The number of β-amino-alcohol motifs (C(OH)–C–C–N with tert-alkyl or cyclic N) is 1. The van der Waals surface area contributed by atoms with E-state index in [1.54, 1.807) is 0 Å². The predicted octanol–water partition coefficient (Wildman–Crippen LogP) is 1.73. The first-order valence-electron chi connectivity index (χ1n) is 11.4. The molecular weight excluding hydrogens is 440 g/mol. The zero-order valence-corrected chi connectivity index (χ0v) is 18.4. The summed E-state index contributed by atoms with van der Waals surface area (Å²) >= 11 is 0. The number of aliphatic carboxylic acids is 1. The molecule has 2 aromatic carbocycles. The van der Waals surface area contributed by atoms with E-state index in [0.717, 1.165) is 27.2 Å². The first kappa shape index (κ1) is 22.4. The van der Waals surface area contributed by atoms with Gasteiger partial charge in [-0.25, -0.2) is 9.59 Å². The molecule has 3 aliphatic rings. The third-order valence-corrected chi connectivity index (χ3v) is 6.83. The van der Waals surface area contributed by atoms with E-state index < -0.39 is 42.3 Å². The average molecular weight is 466 g/mol. The summed E-state index contributed by atoms with van der Waals surface area (Å²) in [4.78, 5) is 38.2. The zero-order chi connectivity index (χ0) is 23.8. The lowest BCUT2D eigenvalue weighted by molar-refractivity contribution is -0.152. The second-order valence-corrected chi connectivity index (χ2v) is 8.89. The summed E-state index contributed by atoms with van der Waals surface area (Å²) in [6, 6.07) is 14.3. The molecule has 2 saturated heterocycles. The molecule has 9 heteroatoms. The van der Waals surface area contributed by atoms with Gasteiger partial charge in [-0.05, 0) is 28.7 Å². The number of carbonyl (C=O) groups is 3. The normalized spacial score (nSPS) is 25.6. The minimum atomic E-state index is -1.18.